The summed E-state index contributed by atoms with van der Waals surface area (Å²) in [7, 11) is 1.61. The molecular weight excluding hydrogens is 262 g/mol. The lowest BCUT2D eigenvalue weighted by Crippen LogP contribution is -2.48. The van der Waals surface area contributed by atoms with Crippen molar-refractivity contribution in [3.8, 4) is 0 Å². The van der Waals surface area contributed by atoms with E-state index in [2.05, 4.69) is 0 Å². The summed E-state index contributed by atoms with van der Waals surface area (Å²) in [6.45, 7) is 1.22. The quantitative estimate of drug-likeness (QED) is 0.880. The van der Waals surface area contributed by atoms with Crippen molar-refractivity contribution < 1.29 is 24.2 Å². The number of rotatable bonds is 4. The Balaban J connectivity index is 2.04. The fourth-order valence-corrected chi connectivity index (χ4v) is 2.08. The minimum absolute atomic E-state index is 0.0774. The minimum Gasteiger partial charge on any atom is -0.479 e. The first-order valence-electron chi connectivity index (χ1n) is 6.33. The molecule has 0 saturated carbocycles. The molecule has 0 aliphatic carbocycles. The predicted octanol–water partition coefficient (Wildman–Crippen LogP) is 0.759. The van der Waals surface area contributed by atoms with Gasteiger partial charge in [0.25, 0.3) is 5.91 Å². The molecule has 0 spiro atoms. The van der Waals surface area contributed by atoms with E-state index in [1.54, 1.807) is 19.2 Å². The molecule has 1 atom stereocenters. The summed E-state index contributed by atoms with van der Waals surface area (Å²) >= 11 is 0. The summed E-state index contributed by atoms with van der Waals surface area (Å²) in [6.07, 6.45) is -0.944. The molecule has 108 valence electrons. The summed E-state index contributed by atoms with van der Waals surface area (Å²) < 4.78 is 10.1. The molecular formula is C14H17NO5. The number of carbonyl (C=O) groups excluding carboxylic acids is 1. The Morgan fingerprint density at radius 1 is 1.40 bits per heavy atom. The van der Waals surface area contributed by atoms with E-state index >= 15 is 0 Å². The monoisotopic (exact) mass is 279 g/mol. The highest BCUT2D eigenvalue weighted by atomic mass is 16.5. The number of ether oxygens (including phenoxy) is 2. The van der Waals surface area contributed by atoms with Crippen LogP contribution in [0.3, 0.4) is 0 Å². The fraction of sp³-hybridized carbons (Fsp3) is 0.429. The van der Waals surface area contributed by atoms with Crippen molar-refractivity contribution in [1.29, 1.82) is 0 Å². The van der Waals surface area contributed by atoms with Gasteiger partial charge in [-0.1, -0.05) is 12.1 Å². The van der Waals surface area contributed by atoms with Crippen molar-refractivity contribution in [3.63, 3.8) is 0 Å². The number of carbonyl (C=O) groups is 2. The molecule has 1 N–H and O–H groups in total. The van der Waals surface area contributed by atoms with Gasteiger partial charge in [0, 0.05) is 19.2 Å². The Labute approximate surface area is 116 Å². The molecule has 1 aromatic rings. The van der Waals surface area contributed by atoms with Gasteiger partial charge in [-0.3, -0.25) is 4.79 Å². The van der Waals surface area contributed by atoms with Crippen LogP contribution in [0.2, 0.25) is 0 Å². The average molecular weight is 279 g/mol. The van der Waals surface area contributed by atoms with Gasteiger partial charge in [0.15, 0.2) is 6.10 Å². The van der Waals surface area contributed by atoms with Crippen molar-refractivity contribution in [2.45, 2.75) is 12.7 Å². The van der Waals surface area contributed by atoms with Crippen LogP contribution in [-0.2, 0) is 20.9 Å². The lowest BCUT2D eigenvalue weighted by Gasteiger charge is -2.30. The third kappa shape index (κ3) is 3.34. The van der Waals surface area contributed by atoms with Gasteiger partial charge in [-0.15, -0.1) is 0 Å². The second-order valence-corrected chi connectivity index (χ2v) is 4.58. The molecule has 20 heavy (non-hydrogen) atoms. The molecule has 1 aliphatic heterocycles. The molecule has 6 heteroatoms. The summed E-state index contributed by atoms with van der Waals surface area (Å²) in [5.41, 5.74) is 1.52. The Hall–Kier alpha value is -1.92. The smallest absolute Gasteiger partial charge is 0.334 e. The summed E-state index contributed by atoms with van der Waals surface area (Å²) in [4.78, 5) is 24.7. The highest BCUT2D eigenvalue weighted by Crippen LogP contribution is 2.12. The average Bonchev–Trinajstić information content (AvgIpc) is 2.48. The molecule has 1 fully saturated rings. The number of amides is 1. The van der Waals surface area contributed by atoms with E-state index in [1.807, 2.05) is 12.1 Å². The van der Waals surface area contributed by atoms with Crippen molar-refractivity contribution in [3.05, 3.63) is 35.4 Å². The van der Waals surface area contributed by atoms with Crippen LogP contribution in [0, 0.1) is 0 Å². The maximum atomic E-state index is 12.3. The van der Waals surface area contributed by atoms with E-state index in [9.17, 15) is 9.59 Å². The van der Waals surface area contributed by atoms with Crippen LogP contribution in [0.1, 0.15) is 15.9 Å². The molecule has 0 unspecified atom stereocenters. The van der Waals surface area contributed by atoms with Gasteiger partial charge in [0.1, 0.15) is 0 Å². The Morgan fingerprint density at radius 3 is 2.70 bits per heavy atom. The minimum atomic E-state index is -1.04. The highest BCUT2D eigenvalue weighted by Gasteiger charge is 2.29. The second-order valence-electron chi connectivity index (χ2n) is 4.58. The van der Waals surface area contributed by atoms with Crippen LogP contribution >= 0.6 is 0 Å². The van der Waals surface area contributed by atoms with Crippen LogP contribution < -0.4 is 0 Å². The second kappa shape index (κ2) is 6.49. The van der Waals surface area contributed by atoms with Gasteiger partial charge in [-0.2, -0.15) is 0 Å². The van der Waals surface area contributed by atoms with Gasteiger partial charge >= 0.3 is 5.97 Å². The Bertz CT molecular complexity index is 485. The van der Waals surface area contributed by atoms with Gasteiger partial charge in [0.05, 0.1) is 19.8 Å². The van der Waals surface area contributed by atoms with Gasteiger partial charge < -0.3 is 19.5 Å². The van der Waals surface area contributed by atoms with Crippen LogP contribution in [0.5, 0.6) is 0 Å². The number of carboxylic acid groups (broad SMARTS) is 1. The van der Waals surface area contributed by atoms with E-state index in [4.69, 9.17) is 14.6 Å². The molecule has 6 nitrogen and oxygen atoms in total. The number of nitrogens with zero attached hydrogens (tertiary/aromatic N) is 1. The summed E-state index contributed by atoms with van der Waals surface area (Å²) in [5, 5.41) is 8.93. The fourth-order valence-electron chi connectivity index (χ4n) is 2.08. The third-order valence-electron chi connectivity index (χ3n) is 3.14. The standard InChI is InChI=1S/C14H17NO5/c1-19-9-10-2-4-11(5-3-10)13(16)15-6-7-20-12(8-15)14(17)18/h2-5,12H,6-9H2,1H3,(H,17,18)/t12-/m1/s1. The first-order chi connectivity index (χ1) is 9.61. The van der Waals surface area contributed by atoms with E-state index < -0.39 is 12.1 Å². The highest BCUT2D eigenvalue weighted by molar-refractivity contribution is 5.94. The number of morpholine rings is 1. The van der Waals surface area contributed by atoms with Crippen molar-refractivity contribution in [1.82, 2.24) is 4.90 Å². The molecule has 0 bridgehead atoms. The molecule has 0 radical (unpaired) electrons. The molecule has 0 aromatic heterocycles. The van der Waals surface area contributed by atoms with Gasteiger partial charge in [-0.25, -0.2) is 4.79 Å². The largest absolute Gasteiger partial charge is 0.479 e. The van der Waals surface area contributed by atoms with Crippen LogP contribution in [-0.4, -0.2) is 54.8 Å². The van der Waals surface area contributed by atoms with E-state index in [-0.39, 0.29) is 19.1 Å². The number of hydrogen-bond donors (Lipinski definition) is 1. The molecule has 2 rings (SSSR count). The first kappa shape index (κ1) is 14.5. The van der Waals surface area contributed by atoms with Crippen LogP contribution in [0.4, 0.5) is 0 Å². The van der Waals surface area contributed by atoms with E-state index in [1.165, 1.54) is 4.90 Å². The number of methoxy groups -OCH3 is 1. The SMILES string of the molecule is COCc1ccc(C(=O)N2CCO[C@@H](C(=O)O)C2)cc1. The lowest BCUT2D eigenvalue weighted by atomic mass is 10.1. The summed E-state index contributed by atoms with van der Waals surface area (Å²) in [6, 6.07) is 7.10. The normalized spacial score (nSPS) is 18.9. The number of hydrogen-bond acceptors (Lipinski definition) is 4. The molecule has 1 saturated heterocycles. The van der Waals surface area contributed by atoms with Gasteiger partial charge in [-0.05, 0) is 17.7 Å². The Kier molecular flexibility index (Phi) is 4.70. The zero-order valence-corrected chi connectivity index (χ0v) is 11.2. The van der Waals surface area contributed by atoms with Gasteiger partial charge in [0.2, 0.25) is 0 Å². The summed E-state index contributed by atoms with van der Waals surface area (Å²) in [5.74, 6) is -1.22. The van der Waals surface area contributed by atoms with Crippen LogP contribution in [0.15, 0.2) is 24.3 Å². The maximum absolute atomic E-state index is 12.3. The van der Waals surface area contributed by atoms with E-state index in [0.29, 0.717) is 18.7 Å². The zero-order chi connectivity index (χ0) is 14.5. The number of aliphatic carboxylic acids is 1. The third-order valence-corrected chi connectivity index (χ3v) is 3.14. The van der Waals surface area contributed by atoms with E-state index in [0.717, 1.165) is 5.56 Å². The van der Waals surface area contributed by atoms with Crippen molar-refractivity contribution >= 4 is 11.9 Å². The lowest BCUT2D eigenvalue weighted by molar-refractivity contribution is -0.154. The topological polar surface area (TPSA) is 76.1 Å². The maximum Gasteiger partial charge on any atom is 0.334 e. The Morgan fingerprint density at radius 2 is 2.10 bits per heavy atom. The first-order valence-corrected chi connectivity index (χ1v) is 6.33. The van der Waals surface area contributed by atoms with Crippen molar-refractivity contribution in [2.24, 2.45) is 0 Å². The zero-order valence-electron chi connectivity index (χ0n) is 11.2. The molecule has 1 amide bonds. The molecule has 1 aliphatic rings. The number of carboxylic acids is 1. The van der Waals surface area contributed by atoms with Crippen molar-refractivity contribution in [2.75, 3.05) is 26.8 Å². The molecule has 1 aromatic carbocycles. The molecule has 1 heterocycles. The number of benzene rings is 1. The predicted molar refractivity (Wildman–Crippen MR) is 70.4 cm³/mol. The van der Waals surface area contributed by atoms with Crippen LogP contribution in [0.25, 0.3) is 0 Å².